The molecule has 198 valence electrons. The van der Waals surface area contributed by atoms with Crippen molar-refractivity contribution in [2.75, 3.05) is 20.1 Å². The van der Waals surface area contributed by atoms with Gasteiger partial charge in [0.15, 0.2) is 11.5 Å². The first-order chi connectivity index (χ1) is 18.2. The number of rotatable bonds is 3. The summed E-state index contributed by atoms with van der Waals surface area (Å²) in [5.74, 6) is 6.99. The number of phenols is 1. The molecule has 38 heavy (non-hydrogen) atoms. The van der Waals surface area contributed by atoms with Gasteiger partial charge >= 0.3 is 0 Å². The second-order valence-electron chi connectivity index (χ2n) is 12.5. The number of amides is 1. The van der Waals surface area contributed by atoms with Gasteiger partial charge in [0.2, 0.25) is 0 Å². The number of aryl methyl sites for hydroxylation is 1. The number of hydrogen-bond acceptors (Lipinski definition) is 5. The molecular weight excluding hydrogens is 476 g/mol. The Balaban J connectivity index is 1.29. The van der Waals surface area contributed by atoms with Crippen molar-refractivity contribution >= 4 is 5.91 Å². The zero-order valence-electron chi connectivity index (χ0n) is 22.4. The Morgan fingerprint density at radius 2 is 2.08 bits per heavy atom. The second-order valence-corrected chi connectivity index (χ2v) is 12.5. The van der Waals surface area contributed by atoms with E-state index in [1.54, 1.807) is 11.0 Å². The minimum absolute atomic E-state index is 0.00535. The number of piperidine rings is 1. The zero-order chi connectivity index (χ0) is 26.4. The van der Waals surface area contributed by atoms with Crippen molar-refractivity contribution in [1.29, 1.82) is 0 Å². The molecule has 1 saturated heterocycles. The highest BCUT2D eigenvalue weighted by molar-refractivity contribution is 5.94. The lowest BCUT2D eigenvalue weighted by atomic mass is 9.46. The highest BCUT2D eigenvalue weighted by Gasteiger charge is 2.74. The number of aromatic hydroxyl groups is 1. The van der Waals surface area contributed by atoms with E-state index in [4.69, 9.17) is 4.74 Å². The molecule has 2 heterocycles. The van der Waals surface area contributed by atoms with Gasteiger partial charge in [0, 0.05) is 36.7 Å². The molecule has 2 aromatic carbocycles. The zero-order valence-corrected chi connectivity index (χ0v) is 22.4. The highest BCUT2D eigenvalue weighted by atomic mass is 16.5. The lowest BCUT2D eigenvalue weighted by Gasteiger charge is -2.66. The molecule has 0 radical (unpaired) electrons. The molecule has 2 saturated carbocycles. The van der Waals surface area contributed by atoms with Crippen LogP contribution in [-0.2, 0) is 16.6 Å². The van der Waals surface area contributed by atoms with E-state index >= 15 is 0 Å². The molecule has 6 nitrogen and oxygen atoms in total. The quantitative estimate of drug-likeness (QED) is 0.617. The first-order valence-corrected chi connectivity index (χ1v) is 14.1. The van der Waals surface area contributed by atoms with E-state index in [2.05, 4.69) is 23.7 Å². The molecule has 3 fully saturated rings. The Labute approximate surface area is 224 Å². The maximum absolute atomic E-state index is 13.4. The standard InChI is InChI=1S/C32H36N2O4/c1-19-5-4-6-21(15-19)9-12-26(36)33(3)28-20(2)17-32(37)25-16-23-10-11-24(35)29-27(23)31(32,30(28)38-29)13-14-34(25)18-22-7-8-22/h4-6,10-11,15,20,22,25,28,30,35,37H,7-8,13-14,16-18H2,1-3H3/t20-,25+,28-,30-,31-,32+/m0/s1. The first-order valence-electron chi connectivity index (χ1n) is 14.1. The Morgan fingerprint density at radius 1 is 1.26 bits per heavy atom. The van der Waals surface area contributed by atoms with Gasteiger partial charge in [-0.1, -0.05) is 31.0 Å². The van der Waals surface area contributed by atoms with E-state index in [9.17, 15) is 15.0 Å². The van der Waals surface area contributed by atoms with Crippen molar-refractivity contribution in [3.63, 3.8) is 0 Å². The number of aliphatic hydroxyl groups is 1. The van der Waals surface area contributed by atoms with Crippen LogP contribution < -0.4 is 4.74 Å². The minimum atomic E-state index is -0.982. The first kappa shape index (κ1) is 24.1. The summed E-state index contributed by atoms with van der Waals surface area (Å²) in [5, 5.41) is 23.6. The van der Waals surface area contributed by atoms with Crippen LogP contribution in [0, 0.1) is 30.6 Å². The summed E-state index contributed by atoms with van der Waals surface area (Å²) in [6.07, 6.45) is 4.21. The SMILES string of the molecule is Cc1cccc(C#CC(=O)N(C)[C@H]2[C@@H](C)C[C@@]3(O)[C@H]4Cc5ccc(O)c6c5[C@@]3(CCN4CC3CC3)[C@H]2O6)c1. The van der Waals surface area contributed by atoms with Crippen LogP contribution in [0.2, 0.25) is 0 Å². The van der Waals surface area contributed by atoms with Crippen LogP contribution in [-0.4, -0.2) is 69.8 Å². The molecule has 6 atom stereocenters. The number of likely N-dealkylation sites (N-methyl/N-ethyl adjacent to an activating group) is 1. The van der Waals surface area contributed by atoms with Crippen LogP contribution in [0.3, 0.4) is 0 Å². The molecular formula is C32H36N2O4. The van der Waals surface area contributed by atoms with Gasteiger partial charge in [0.05, 0.1) is 17.1 Å². The molecule has 2 bridgehead atoms. The van der Waals surface area contributed by atoms with E-state index in [1.807, 2.05) is 44.3 Å². The fourth-order valence-corrected chi connectivity index (χ4v) is 8.39. The number of phenolic OH excluding ortho intramolecular Hbond substituents is 1. The van der Waals surface area contributed by atoms with E-state index in [1.165, 1.54) is 12.8 Å². The fourth-order valence-electron chi connectivity index (χ4n) is 8.39. The average Bonchev–Trinajstić information content (AvgIpc) is 3.62. The Hall–Kier alpha value is -3.01. The smallest absolute Gasteiger partial charge is 0.298 e. The Kier molecular flexibility index (Phi) is 5.22. The molecule has 0 unspecified atom stereocenters. The van der Waals surface area contributed by atoms with Crippen molar-refractivity contribution in [3.8, 4) is 23.3 Å². The predicted molar refractivity (Wildman–Crippen MR) is 144 cm³/mol. The number of carbonyl (C=O) groups excluding carboxylic acids is 1. The van der Waals surface area contributed by atoms with Crippen LogP contribution in [0.4, 0.5) is 0 Å². The fraction of sp³-hybridized carbons (Fsp3) is 0.531. The van der Waals surface area contributed by atoms with Gasteiger partial charge in [-0.3, -0.25) is 9.69 Å². The molecule has 7 rings (SSSR count). The lowest BCUT2D eigenvalue weighted by molar-refractivity contribution is -0.212. The van der Waals surface area contributed by atoms with E-state index < -0.39 is 17.1 Å². The van der Waals surface area contributed by atoms with Crippen LogP contribution in [0.25, 0.3) is 0 Å². The third-order valence-corrected chi connectivity index (χ3v) is 10.2. The molecule has 0 aromatic heterocycles. The number of nitrogens with zero attached hydrogens (tertiary/aromatic N) is 2. The van der Waals surface area contributed by atoms with Gasteiger partial charge < -0.3 is 19.8 Å². The van der Waals surface area contributed by atoms with Gasteiger partial charge in [0.1, 0.15) is 6.10 Å². The number of benzene rings is 2. The molecule has 2 aromatic rings. The third kappa shape index (κ3) is 3.25. The van der Waals surface area contributed by atoms with Gasteiger partial charge in [0.25, 0.3) is 5.91 Å². The average molecular weight is 513 g/mol. The summed E-state index contributed by atoms with van der Waals surface area (Å²) in [4.78, 5) is 17.7. The molecule has 3 aliphatic carbocycles. The topological polar surface area (TPSA) is 73.2 Å². The van der Waals surface area contributed by atoms with Crippen molar-refractivity contribution in [3.05, 3.63) is 58.7 Å². The minimum Gasteiger partial charge on any atom is -0.504 e. The van der Waals surface area contributed by atoms with Crippen molar-refractivity contribution in [2.45, 2.75) is 75.2 Å². The number of likely N-dealkylation sites (tertiary alicyclic amines) is 1. The third-order valence-electron chi connectivity index (χ3n) is 10.2. The van der Waals surface area contributed by atoms with Crippen LogP contribution in [0.1, 0.15) is 54.9 Å². The van der Waals surface area contributed by atoms with E-state index in [-0.39, 0.29) is 29.7 Å². The van der Waals surface area contributed by atoms with Crippen LogP contribution in [0.15, 0.2) is 36.4 Å². The second kappa shape index (κ2) is 8.24. The Morgan fingerprint density at radius 3 is 2.84 bits per heavy atom. The number of hydrogen-bond donors (Lipinski definition) is 2. The number of ether oxygens (including phenoxy) is 1. The van der Waals surface area contributed by atoms with Crippen molar-refractivity contribution in [2.24, 2.45) is 11.8 Å². The monoisotopic (exact) mass is 512 g/mol. The summed E-state index contributed by atoms with van der Waals surface area (Å²) >= 11 is 0. The lowest BCUT2D eigenvalue weighted by Crippen LogP contribution is -2.79. The van der Waals surface area contributed by atoms with Crippen molar-refractivity contribution in [1.82, 2.24) is 9.80 Å². The molecule has 5 aliphatic rings. The van der Waals surface area contributed by atoms with E-state index in [0.29, 0.717) is 12.2 Å². The van der Waals surface area contributed by atoms with Gasteiger partial charge in [-0.25, -0.2) is 0 Å². The summed E-state index contributed by atoms with van der Waals surface area (Å²) in [5.41, 5.74) is 2.42. The molecule has 2 N–H and O–H groups in total. The van der Waals surface area contributed by atoms with Gasteiger partial charge in [-0.05, 0) is 86.7 Å². The summed E-state index contributed by atoms with van der Waals surface area (Å²) < 4.78 is 6.67. The summed E-state index contributed by atoms with van der Waals surface area (Å²) in [7, 11) is 1.81. The number of carbonyl (C=O) groups is 1. The summed E-state index contributed by atoms with van der Waals surface area (Å²) in [6.45, 7) is 6.06. The summed E-state index contributed by atoms with van der Waals surface area (Å²) in [6, 6.07) is 11.3. The molecule has 1 spiro atoms. The van der Waals surface area contributed by atoms with Gasteiger partial charge in [-0.15, -0.1) is 0 Å². The Bertz CT molecular complexity index is 1390. The normalized spacial score (nSPS) is 34.5. The van der Waals surface area contributed by atoms with Gasteiger partial charge in [-0.2, -0.15) is 0 Å². The largest absolute Gasteiger partial charge is 0.504 e. The van der Waals surface area contributed by atoms with Crippen LogP contribution >= 0.6 is 0 Å². The van der Waals surface area contributed by atoms with Crippen LogP contribution in [0.5, 0.6) is 11.5 Å². The van der Waals surface area contributed by atoms with Crippen molar-refractivity contribution < 1.29 is 19.7 Å². The van der Waals surface area contributed by atoms with E-state index in [0.717, 1.165) is 54.1 Å². The molecule has 2 aliphatic heterocycles. The molecule has 6 heteroatoms. The molecule has 1 amide bonds. The maximum atomic E-state index is 13.4. The maximum Gasteiger partial charge on any atom is 0.298 e. The highest BCUT2D eigenvalue weighted by Crippen LogP contribution is 2.66. The predicted octanol–water partition coefficient (Wildman–Crippen LogP) is 3.39.